The van der Waals surface area contributed by atoms with Gasteiger partial charge in [-0.1, -0.05) is 56.5 Å². The van der Waals surface area contributed by atoms with E-state index in [1.165, 1.54) is 10.5 Å². The van der Waals surface area contributed by atoms with Gasteiger partial charge in [0.05, 0.1) is 30.0 Å². The van der Waals surface area contributed by atoms with Crippen molar-refractivity contribution >= 4 is 36.1 Å². The lowest BCUT2D eigenvalue weighted by atomic mass is 10.2. The molecule has 1 heterocycles. The molecular formula is C28H43N7O3. The Balaban J connectivity index is 0.000000573. The van der Waals surface area contributed by atoms with E-state index in [0.29, 0.717) is 44.8 Å². The number of nitrogens with one attached hydrogen (secondary N) is 2. The smallest absolute Gasteiger partial charge is 0.237 e. The topological polar surface area (TPSA) is 169 Å². The third-order valence-corrected chi connectivity index (χ3v) is 5.07. The number of anilines is 1. The van der Waals surface area contributed by atoms with Crippen LogP contribution in [0.15, 0.2) is 55.8 Å². The van der Waals surface area contributed by atoms with Crippen LogP contribution in [0.25, 0.3) is 12.2 Å². The Kier molecular flexibility index (Phi) is 19.1. The van der Waals surface area contributed by atoms with Gasteiger partial charge in [0.1, 0.15) is 0 Å². The highest BCUT2D eigenvalue weighted by Crippen LogP contribution is 2.14. The van der Waals surface area contributed by atoms with Crippen LogP contribution in [0.3, 0.4) is 0 Å². The number of carbonyl (C=O) groups is 3. The third-order valence-electron chi connectivity index (χ3n) is 5.07. The van der Waals surface area contributed by atoms with Crippen LogP contribution in [0.4, 0.5) is 5.69 Å². The molecule has 3 amide bonds. The van der Waals surface area contributed by atoms with Crippen LogP contribution >= 0.6 is 0 Å². The molecule has 8 N–H and O–H groups in total. The molecule has 0 spiro atoms. The minimum atomic E-state index is -0.819. The number of hydrogen-bond donors (Lipinski definition) is 5. The second kappa shape index (κ2) is 21.2. The fraction of sp³-hybridized carbons (Fsp3) is 0.357. The number of rotatable bonds is 13. The molecule has 10 heteroatoms. The van der Waals surface area contributed by atoms with Crippen LogP contribution in [-0.4, -0.2) is 66.9 Å². The van der Waals surface area contributed by atoms with Crippen molar-refractivity contribution in [2.45, 2.75) is 32.7 Å². The largest absolute Gasteiger partial charge is 0.355 e. The van der Waals surface area contributed by atoms with Gasteiger partial charge >= 0.3 is 0 Å². The van der Waals surface area contributed by atoms with E-state index in [4.69, 9.17) is 17.2 Å². The Morgan fingerprint density at radius 3 is 2.16 bits per heavy atom. The SMILES string of the molecule is C=Cc1cc(NC=O)cnc1C=C.CCNC(=O)C(N)CC(=O)N(CCN)CCN.CCc1ccccc1. The minimum Gasteiger partial charge on any atom is -0.355 e. The van der Waals surface area contributed by atoms with Gasteiger partial charge in [0, 0.05) is 38.3 Å². The summed E-state index contributed by atoms with van der Waals surface area (Å²) in [7, 11) is 0. The van der Waals surface area contributed by atoms with Gasteiger partial charge < -0.3 is 32.7 Å². The maximum atomic E-state index is 11.8. The van der Waals surface area contributed by atoms with Crippen LogP contribution in [0.5, 0.6) is 0 Å². The summed E-state index contributed by atoms with van der Waals surface area (Å²) in [5.41, 5.74) is 20.1. The van der Waals surface area contributed by atoms with E-state index in [2.05, 4.69) is 60.0 Å². The van der Waals surface area contributed by atoms with Crippen molar-refractivity contribution in [2.75, 3.05) is 38.0 Å². The second-order valence-corrected chi connectivity index (χ2v) is 7.87. The maximum absolute atomic E-state index is 11.8. The van der Waals surface area contributed by atoms with Gasteiger partial charge in [-0.25, -0.2) is 0 Å². The first-order valence-corrected chi connectivity index (χ1v) is 12.5. The highest BCUT2D eigenvalue weighted by atomic mass is 16.2. The number of carbonyl (C=O) groups excluding carboxylic acids is 3. The molecule has 1 atom stereocenters. The quantitative estimate of drug-likeness (QED) is 0.248. The summed E-state index contributed by atoms with van der Waals surface area (Å²) in [6, 6.07) is 11.4. The number of nitrogens with zero attached hydrogens (tertiary/aromatic N) is 2. The van der Waals surface area contributed by atoms with Gasteiger partial charge in [0.15, 0.2) is 0 Å². The molecule has 0 radical (unpaired) electrons. The number of likely N-dealkylation sites (N-methyl/N-ethyl adjacent to an activating group) is 1. The first kappa shape index (κ1) is 34.1. The van der Waals surface area contributed by atoms with Crippen molar-refractivity contribution in [3.63, 3.8) is 0 Å². The lowest BCUT2D eigenvalue weighted by Gasteiger charge is -2.22. The molecular weight excluding hydrogens is 482 g/mol. The Morgan fingerprint density at radius 2 is 1.71 bits per heavy atom. The van der Waals surface area contributed by atoms with E-state index in [9.17, 15) is 14.4 Å². The highest BCUT2D eigenvalue weighted by Gasteiger charge is 2.20. The predicted octanol–water partition coefficient (Wildman–Crippen LogP) is 1.77. The van der Waals surface area contributed by atoms with Crippen molar-refractivity contribution in [1.29, 1.82) is 0 Å². The standard InChI is InChI=1S/C10H23N5O2.C10H10N2O.C8H10/c1-2-14-10(17)8(13)7-9(16)15(5-3-11)6-4-12;1-3-8-5-9(12-7-13)6-11-10(8)4-2;1-2-8-6-4-3-5-7-8/h8H,2-7,11-13H2,1H3,(H,14,17);3-7H,1-2H2,(H,12,13);3-7H,2H2,1H3. The highest BCUT2D eigenvalue weighted by molar-refractivity contribution is 5.88. The molecule has 1 unspecified atom stereocenters. The van der Waals surface area contributed by atoms with Crippen molar-refractivity contribution in [2.24, 2.45) is 17.2 Å². The molecule has 0 fully saturated rings. The first-order chi connectivity index (χ1) is 18.3. The van der Waals surface area contributed by atoms with Crippen molar-refractivity contribution < 1.29 is 14.4 Å². The van der Waals surface area contributed by atoms with Crippen molar-refractivity contribution in [3.05, 3.63) is 72.6 Å². The Labute approximate surface area is 226 Å². The summed E-state index contributed by atoms with van der Waals surface area (Å²) < 4.78 is 0. The summed E-state index contributed by atoms with van der Waals surface area (Å²) in [5, 5.41) is 5.08. The monoisotopic (exact) mass is 525 g/mol. The molecule has 1 aromatic carbocycles. The third kappa shape index (κ3) is 14.0. The fourth-order valence-electron chi connectivity index (χ4n) is 3.08. The van der Waals surface area contributed by atoms with Crippen molar-refractivity contribution in [3.8, 4) is 0 Å². The Hall–Kier alpha value is -3.86. The molecule has 2 rings (SSSR count). The van der Waals surface area contributed by atoms with Gasteiger partial charge in [0.25, 0.3) is 0 Å². The zero-order valence-electron chi connectivity index (χ0n) is 22.6. The number of benzene rings is 1. The zero-order chi connectivity index (χ0) is 28.8. The molecule has 0 saturated heterocycles. The molecule has 208 valence electrons. The molecule has 0 saturated carbocycles. The minimum absolute atomic E-state index is 0.0220. The predicted molar refractivity (Wildman–Crippen MR) is 156 cm³/mol. The van der Waals surface area contributed by atoms with E-state index < -0.39 is 6.04 Å². The molecule has 2 aromatic rings. The number of hydrogen-bond acceptors (Lipinski definition) is 7. The van der Waals surface area contributed by atoms with Crippen LogP contribution in [0.2, 0.25) is 0 Å². The normalized spacial score (nSPS) is 10.3. The molecule has 0 aliphatic heterocycles. The van der Waals surface area contributed by atoms with E-state index in [0.717, 1.165) is 17.7 Å². The molecule has 0 bridgehead atoms. The summed E-state index contributed by atoms with van der Waals surface area (Å²) in [6.07, 6.45) is 6.60. The maximum Gasteiger partial charge on any atom is 0.237 e. The Bertz CT molecular complexity index is 978. The van der Waals surface area contributed by atoms with Crippen LogP contribution in [0.1, 0.15) is 37.1 Å². The van der Waals surface area contributed by atoms with Gasteiger partial charge in [-0.15, -0.1) is 0 Å². The van der Waals surface area contributed by atoms with Gasteiger partial charge in [-0.2, -0.15) is 0 Å². The summed E-state index contributed by atoms with van der Waals surface area (Å²) in [4.78, 5) is 38.9. The molecule has 1 aromatic heterocycles. The van der Waals surface area contributed by atoms with Crippen LogP contribution < -0.4 is 27.8 Å². The van der Waals surface area contributed by atoms with E-state index in [-0.39, 0.29) is 18.2 Å². The van der Waals surface area contributed by atoms with E-state index in [1.54, 1.807) is 31.3 Å². The van der Waals surface area contributed by atoms with Crippen molar-refractivity contribution in [1.82, 2.24) is 15.2 Å². The number of aryl methyl sites for hydroxylation is 1. The average molecular weight is 526 g/mol. The first-order valence-electron chi connectivity index (χ1n) is 12.5. The molecule has 0 aliphatic carbocycles. The van der Waals surface area contributed by atoms with E-state index in [1.807, 2.05) is 6.07 Å². The van der Waals surface area contributed by atoms with Gasteiger partial charge in [-0.3, -0.25) is 19.4 Å². The van der Waals surface area contributed by atoms with Gasteiger partial charge in [0.2, 0.25) is 18.2 Å². The molecule has 10 nitrogen and oxygen atoms in total. The zero-order valence-corrected chi connectivity index (χ0v) is 22.6. The molecule has 0 aliphatic rings. The number of aromatic nitrogens is 1. The summed E-state index contributed by atoms with van der Waals surface area (Å²) in [6.45, 7) is 13.3. The average Bonchev–Trinajstić information content (AvgIpc) is 2.94. The fourth-order valence-corrected chi connectivity index (χ4v) is 3.08. The number of amides is 3. The lowest BCUT2D eigenvalue weighted by molar-refractivity contribution is -0.134. The Morgan fingerprint density at radius 1 is 1.08 bits per heavy atom. The number of pyridine rings is 1. The number of nitrogens with two attached hydrogens (primary N) is 3. The molecule has 38 heavy (non-hydrogen) atoms. The van der Waals surface area contributed by atoms with Crippen LogP contribution in [-0.2, 0) is 20.8 Å². The van der Waals surface area contributed by atoms with Crippen LogP contribution in [0, 0.1) is 0 Å². The second-order valence-electron chi connectivity index (χ2n) is 7.87. The van der Waals surface area contributed by atoms with Gasteiger partial charge in [-0.05, 0) is 31.1 Å². The van der Waals surface area contributed by atoms with E-state index >= 15 is 0 Å². The lowest BCUT2D eigenvalue weighted by Crippen LogP contribution is -2.46. The summed E-state index contributed by atoms with van der Waals surface area (Å²) >= 11 is 0. The summed E-state index contributed by atoms with van der Waals surface area (Å²) in [5.74, 6) is -0.513.